The number of aliphatic hydroxyl groups is 1. The van der Waals surface area contributed by atoms with Gasteiger partial charge in [-0.1, -0.05) is 27.7 Å². The van der Waals surface area contributed by atoms with Gasteiger partial charge in [0.05, 0.1) is 6.10 Å². The van der Waals surface area contributed by atoms with Crippen molar-refractivity contribution in [1.29, 1.82) is 0 Å². The molecule has 1 saturated heterocycles. The summed E-state index contributed by atoms with van der Waals surface area (Å²) in [6.07, 6.45) is 2.33. The van der Waals surface area contributed by atoms with E-state index in [9.17, 15) is 5.11 Å². The first-order valence-electron chi connectivity index (χ1n) is 7.84. The predicted molar refractivity (Wildman–Crippen MR) is 82.3 cm³/mol. The lowest BCUT2D eigenvalue weighted by molar-refractivity contribution is 0.0107. The van der Waals surface area contributed by atoms with Crippen LogP contribution in [0.5, 0.6) is 0 Å². The molecule has 3 nitrogen and oxygen atoms in total. The number of likely N-dealkylation sites (tertiary alicyclic amines) is 1. The fraction of sp³-hybridized carbons (Fsp3) is 1.00. The van der Waals surface area contributed by atoms with E-state index in [0.717, 1.165) is 12.5 Å². The summed E-state index contributed by atoms with van der Waals surface area (Å²) < 4.78 is 0. The number of hydrogen-bond acceptors (Lipinski definition) is 3. The van der Waals surface area contributed by atoms with Gasteiger partial charge >= 0.3 is 0 Å². The number of nitrogens with zero attached hydrogens (tertiary/aromatic N) is 1. The summed E-state index contributed by atoms with van der Waals surface area (Å²) >= 11 is 0. The van der Waals surface area contributed by atoms with Crippen molar-refractivity contribution in [2.75, 3.05) is 26.7 Å². The van der Waals surface area contributed by atoms with Crippen LogP contribution in [0.3, 0.4) is 0 Å². The monoisotopic (exact) mass is 270 g/mol. The quantitative estimate of drug-likeness (QED) is 0.778. The maximum absolute atomic E-state index is 10.3. The second kappa shape index (κ2) is 7.05. The average molecular weight is 270 g/mol. The zero-order valence-electron chi connectivity index (χ0n) is 13.7. The van der Waals surface area contributed by atoms with Crippen LogP contribution in [0.15, 0.2) is 0 Å². The maximum atomic E-state index is 10.3. The van der Waals surface area contributed by atoms with E-state index in [1.165, 1.54) is 25.9 Å². The van der Waals surface area contributed by atoms with Gasteiger partial charge in [-0.15, -0.1) is 0 Å². The number of hydrogen-bond donors (Lipinski definition) is 2. The van der Waals surface area contributed by atoms with E-state index in [0.29, 0.717) is 12.0 Å². The van der Waals surface area contributed by atoms with Crippen molar-refractivity contribution in [3.63, 3.8) is 0 Å². The minimum absolute atomic E-state index is 0.0616. The van der Waals surface area contributed by atoms with Gasteiger partial charge in [-0.2, -0.15) is 0 Å². The van der Waals surface area contributed by atoms with Crippen LogP contribution < -0.4 is 5.32 Å². The zero-order chi connectivity index (χ0) is 14.6. The van der Waals surface area contributed by atoms with E-state index >= 15 is 0 Å². The van der Waals surface area contributed by atoms with Crippen molar-refractivity contribution in [2.24, 2.45) is 17.3 Å². The molecule has 0 aromatic rings. The molecule has 1 heterocycles. The Balaban J connectivity index is 2.38. The molecule has 0 aromatic carbocycles. The predicted octanol–water partition coefficient (Wildman–Crippen LogP) is 2.35. The highest BCUT2D eigenvalue weighted by atomic mass is 16.3. The minimum Gasteiger partial charge on any atom is -0.392 e. The zero-order valence-corrected chi connectivity index (χ0v) is 13.7. The summed E-state index contributed by atoms with van der Waals surface area (Å²) in [5.41, 5.74) is -0.0616. The topological polar surface area (TPSA) is 35.5 Å². The molecule has 0 radical (unpaired) electrons. The first-order chi connectivity index (χ1) is 8.74. The van der Waals surface area contributed by atoms with Gasteiger partial charge in [0.25, 0.3) is 0 Å². The van der Waals surface area contributed by atoms with Crippen LogP contribution in [0.2, 0.25) is 0 Å². The third kappa shape index (κ3) is 5.05. The van der Waals surface area contributed by atoms with Gasteiger partial charge in [-0.05, 0) is 51.7 Å². The second-order valence-corrected chi connectivity index (χ2v) is 7.49. The molecule has 0 spiro atoms. The molecule has 1 rings (SSSR count). The minimum atomic E-state index is -0.246. The van der Waals surface area contributed by atoms with E-state index in [2.05, 4.69) is 51.9 Å². The standard InChI is InChI=1S/C16H34N2O/c1-12(2)15(19)16(4,5)11-17-13(3)14-7-9-18(6)10-8-14/h12-15,17,19H,7-11H2,1-6H3. The van der Waals surface area contributed by atoms with Gasteiger partial charge in [-0.3, -0.25) is 0 Å². The summed E-state index contributed by atoms with van der Waals surface area (Å²) in [5, 5.41) is 13.9. The van der Waals surface area contributed by atoms with E-state index in [1.807, 2.05) is 0 Å². The molecular formula is C16H34N2O. The molecule has 2 atom stereocenters. The SMILES string of the molecule is CC(C)C(O)C(C)(C)CNC(C)C1CCN(C)CC1. The fourth-order valence-corrected chi connectivity index (χ4v) is 3.13. The highest BCUT2D eigenvalue weighted by molar-refractivity contribution is 4.85. The molecule has 0 saturated carbocycles. The van der Waals surface area contributed by atoms with Crippen LogP contribution in [0.4, 0.5) is 0 Å². The van der Waals surface area contributed by atoms with Gasteiger partial charge < -0.3 is 15.3 Å². The second-order valence-electron chi connectivity index (χ2n) is 7.49. The van der Waals surface area contributed by atoms with Crippen LogP contribution in [0.1, 0.15) is 47.5 Å². The lowest BCUT2D eigenvalue weighted by Crippen LogP contribution is -2.47. The molecule has 2 unspecified atom stereocenters. The van der Waals surface area contributed by atoms with E-state index < -0.39 is 0 Å². The molecule has 1 fully saturated rings. The molecule has 0 aromatic heterocycles. The Labute approximate surface area is 119 Å². The van der Waals surface area contributed by atoms with E-state index in [4.69, 9.17) is 0 Å². The Morgan fingerprint density at radius 2 is 1.74 bits per heavy atom. The van der Waals surface area contributed by atoms with Crippen molar-refractivity contribution in [2.45, 2.75) is 59.6 Å². The molecule has 0 amide bonds. The molecule has 19 heavy (non-hydrogen) atoms. The van der Waals surface area contributed by atoms with Crippen molar-refractivity contribution >= 4 is 0 Å². The molecule has 114 valence electrons. The van der Waals surface area contributed by atoms with Crippen LogP contribution in [-0.4, -0.2) is 48.8 Å². The molecule has 0 aliphatic carbocycles. The van der Waals surface area contributed by atoms with Crippen LogP contribution >= 0.6 is 0 Å². The summed E-state index contributed by atoms with van der Waals surface area (Å²) in [6, 6.07) is 0.548. The number of nitrogens with one attached hydrogen (secondary N) is 1. The Morgan fingerprint density at radius 1 is 1.21 bits per heavy atom. The Hall–Kier alpha value is -0.120. The van der Waals surface area contributed by atoms with Gasteiger partial charge in [0, 0.05) is 18.0 Å². The number of piperidine rings is 1. The Morgan fingerprint density at radius 3 is 2.21 bits per heavy atom. The third-order valence-electron chi connectivity index (χ3n) is 4.78. The van der Waals surface area contributed by atoms with Gasteiger partial charge in [-0.25, -0.2) is 0 Å². The normalized spacial score (nSPS) is 22.7. The Kier molecular flexibility index (Phi) is 6.28. The first-order valence-corrected chi connectivity index (χ1v) is 7.84. The van der Waals surface area contributed by atoms with Crippen LogP contribution in [0.25, 0.3) is 0 Å². The lowest BCUT2D eigenvalue weighted by atomic mass is 9.80. The summed E-state index contributed by atoms with van der Waals surface area (Å²) in [7, 11) is 2.20. The van der Waals surface area contributed by atoms with Crippen LogP contribution in [0, 0.1) is 17.3 Å². The number of rotatable bonds is 6. The molecule has 0 bridgehead atoms. The number of aliphatic hydroxyl groups excluding tert-OH is 1. The van der Waals surface area contributed by atoms with Gasteiger partial charge in [0.2, 0.25) is 0 Å². The highest BCUT2D eigenvalue weighted by Gasteiger charge is 2.31. The summed E-state index contributed by atoms with van der Waals surface area (Å²) in [4.78, 5) is 2.41. The molecule has 1 aliphatic heterocycles. The van der Waals surface area contributed by atoms with Crippen molar-refractivity contribution in [3.05, 3.63) is 0 Å². The lowest BCUT2D eigenvalue weighted by Gasteiger charge is -2.37. The highest BCUT2D eigenvalue weighted by Crippen LogP contribution is 2.26. The van der Waals surface area contributed by atoms with Crippen molar-refractivity contribution in [3.8, 4) is 0 Å². The van der Waals surface area contributed by atoms with Crippen LogP contribution in [-0.2, 0) is 0 Å². The molecule has 3 heteroatoms. The van der Waals surface area contributed by atoms with Gasteiger partial charge in [0.1, 0.15) is 0 Å². The van der Waals surface area contributed by atoms with E-state index in [-0.39, 0.29) is 11.5 Å². The van der Waals surface area contributed by atoms with Crippen molar-refractivity contribution < 1.29 is 5.11 Å². The molecular weight excluding hydrogens is 236 g/mol. The van der Waals surface area contributed by atoms with E-state index in [1.54, 1.807) is 0 Å². The smallest absolute Gasteiger partial charge is 0.0626 e. The van der Waals surface area contributed by atoms with Gasteiger partial charge in [0.15, 0.2) is 0 Å². The molecule has 2 N–H and O–H groups in total. The third-order valence-corrected chi connectivity index (χ3v) is 4.78. The molecule has 1 aliphatic rings. The average Bonchev–Trinajstić information content (AvgIpc) is 2.35. The fourth-order valence-electron chi connectivity index (χ4n) is 3.13. The first kappa shape index (κ1) is 16.9. The summed E-state index contributed by atoms with van der Waals surface area (Å²) in [6.45, 7) is 14.1. The largest absolute Gasteiger partial charge is 0.392 e. The maximum Gasteiger partial charge on any atom is 0.0626 e. The summed E-state index contributed by atoms with van der Waals surface area (Å²) in [5.74, 6) is 1.10. The Bertz CT molecular complexity index is 257. The van der Waals surface area contributed by atoms with Crippen molar-refractivity contribution in [1.82, 2.24) is 10.2 Å².